The lowest BCUT2D eigenvalue weighted by atomic mass is 9.92. The van der Waals surface area contributed by atoms with Gasteiger partial charge in [0.05, 0.1) is 0 Å². The highest BCUT2D eigenvalue weighted by Crippen LogP contribution is 2.18. The third-order valence-electron chi connectivity index (χ3n) is 2.04. The van der Waals surface area contributed by atoms with Crippen LogP contribution in [0.1, 0.15) is 68.2 Å². The third-order valence-corrected chi connectivity index (χ3v) is 2.04. The Morgan fingerprint density at radius 2 is 1.56 bits per heavy atom. The van der Waals surface area contributed by atoms with Crippen molar-refractivity contribution in [1.29, 1.82) is 0 Å². The molecule has 0 heterocycles. The zero-order valence-electron chi connectivity index (χ0n) is 13.8. The van der Waals surface area contributed by atoms with Crippen LogP contribution in [0.3, 0.4) is 0 Å². The predicted octanol–water partition coefficient (Wildman–Crippen LogP) is 4.35. The molecular weight excluding hydrogens is 222 g/mol. The molecule has 0 unspecified atom stereocenters. The van der Waals surface area contributed by atoms with Crippen LogP contribution in [0.2, 0.25) is 0 Å². The van der Waals surface area contributed by atoms with E-state index in [4.69, 9.17) is 6.42 Å². The van der Waals surface area contributed by atoms with E-state index in [0.29, 0.717) is 0 Å². The molecule has 0 aromatic heterocycles. The Morgan fingerprint density at radius 3 is 1.83 bits per heavy atom. The van der Waals surface area contributed by atoms with Gasteiger partial charge in [-0.3, -0.25) is 4.79 Å². The molecule has 0 saturated heterocycles. The monoisotopic (exact) mass is 255 g/mol. The minimum Gasteiger partial charge on any atom is -0.332 e. The molecule has 2 nitrogen and oxygen atoms in total. The first kappa shape index (κ1) is 22.2. The maximum Gasteiger partial charge on any atom is 0.298 e. The SMILES string of the molecule is C#CC(=O)N(CCC)CCC(C)(C)C.CC.CC. The van der Waals surface area contributed by atoms with Crippen LogP contribution in [-0.2, 0) is 4.79 Å². The van der Waals surface area contributed by atoms with Crippen molar-refractivity contribution < 1.29 is 4.79 Å². The molecule has 0 spiro atoms. The van der Waals surface area contributed by atoms with Crippen molar-refractivity contribution in [2.24, 2.45) is 5.41 Å². The zero-order chi connectivity index (χ0) is 15.2. The van der Waals surface area contributed by atoms with Crippen molar-refractivity contribution in [3.63, 3.8) is 0 Å². The zero-order valence-corrected chi connectivity index (χ0v) is 13.8. The molecule has 0 N–H and O–H groups in total. The molecular formula is C16H33NO. The number of hydrogen-bond donors (Lipinski definition) is 0. The molecule has 0 aliphatic carbocycles. The van der Waals surface area contributed by atoms with Gasteiger partial charge < -0.3 is 4.90 Å². The Hall–Kier alpha value is -0.970. The number of amides is 1. The van der Waals surface area contributed by atoms with Gasteiger partial charge in [0.1, 0.15) is 0 Å². The van der Waals surface area contributed by atoms with Crippen molar-refractivity contribution >= 4 is 5.91 Å². The minimum absolute atomic E-state index is 0.184. The summed E-state index contributed by atoms with van der Waals surface area (Å²) in [5, 5.41) is 0. The first-order valence-electron chi connectivity index (χ1n) is 7.16. The molecule has 2 heteroatoms. The fourth-order valence-electron chi connectivity index (χ4n) is 1.15. The molecule has 108 valence electrons. The van der Waals surface area contributed by atoms with E-state index in [9.17, 15) is 4.79 Å². The van der Waals surface area contributed by atoms with Gasteiger partial charge in [0.15, 0.2) is 0 Å². The molecule has 0 aliphatic rings. The third kappa shape index (κ3) is 15.0. The summed E-state index contributed by atoms with van der Waals surface area (Å²) in [7, 11) is 0. The van der Waals surface area contributed by atoms with Crippen molar-refractivity contribution in [3.05, 3.63) is 0 Å². The molecule has 0 atom stereocenters. The van der Waals surface area contributed by atoms with Crippen molar-refractivity contribution in [2.75, 3.05) is 13.1 Å². The normalized spacial score (nSPS) is 9.06. The number of rotatable bonds is 4. The molecule has 0 aromatic carbocycles. The molecule has 0 aliphatic heterocycles. The average Bonchev–Trinajstić information content (AvgIpc) is 2.37. The second-order valence-corrected chi connectivity index (χ2v) is 4.75. The Labute approximate surface area is 115 Å². The quantitative estimate of drug-likeness (QED) is 0.684. The maximum atomic E-state index is 11.3. The smallest absolute Gasteiger partial charge is 0.298 e. The summed E-state index contributed by atoms with van der Waals surface area (Å²) in [6, 6.07) is 0. The van der Waals surface area contributed by atoms with Gasteiger partial charge in [-0.2, -0.15) is 0 Å². The Kier molecular flexibility index (Phi) is 17.4. The second kappa shape index (κ2) is 14.1. The molecule has 0 radical (unpaired) electrons. The van der Waals surface area contributed by atoms with Crippen LogP contribution >= 0.6 is 0 Å². The largest absolute Gasteiger partial charge is 0.332 e. The highest BCUT2D eigenvalue weighted by atomic mass is 16.2. The summed E-state index contributed by atoms with van der Waals surface area (Å²) < 4.78 is 0. The fraction of sp³-hybridized carbons (Fsp3) is 0.812. The van der Waals surface area contributed by atoms with Crippen molar-refractivity contribution in [2.45, 2.75) is 68.2 Å². The lowest BCUT2D eigenvalue weighted by Gasteiger charge is -2.25. The minimum atomic E-state index is -0.184. The van der Waals surface area contributed by atoms with E-state index in [0.717, 1.165) is 25.9 Å². The van der Waals surface area contributed by atoms with E-state index in [1.165, 1.54) is 0 Å². The van der Waals surface area contributed by atoms with Gasteiger partial charge in [0, 0.05) is 13.1 Å². The first-order valence-corrected chi connectivity index (χ1v) is 7.16. The van der Waals surface area contributed by atoms with E-state index >= 15 is 0 Å². The highest BCUT2D eigenvalue weighted by molar-refractivity contribution is 5.92. The standard InChI is InChI=1S/C12H21NO.2C2H6/c1-6-9-13(11(14)7-2)10-8-12(3,4)5;2*1-2/h2H,6,8-10H2,1,3-5H3;2*1-2H3. The summed E-state index contributed by atoms with van der Waals surface area (Å²) in [6.07, 6.45) is 7.04. The average molecular weight is 255 g/mol. The van der Waals surface area contributed by atoms with Gasteiger partial charge in [-0.1, -0.05) is 55.4 Å². The Balaban J connectivity index is -0.000000506. The number of hydrogen-bond acceptors (Lipinski definition) is 1. The predicted molar refractivity (Wildman–Crippen MR) is 82.5 cm³/mol. The molecule has 0 bridgehead atoms. The van der Waals surface area contributed by atoms with E-state index in [1.807, 2.05) is 34.6 Å². The number of nitrogens with zero attached hydrogens (tertiary/aromatic N) is 1. The fourth-order valence-corrected chi connectivity index (χ4v) is 1.15. The van der Waals surface area contributed by atoms with Crippen molar-refractivity contribution in [1.82, 2.24) is 4.90 Å². The lowest BCUT2D eigenvalue weighted by Crippen LogP contribution is -2.33. The first-order chi connectivity index (χ1) is 8.40. The molecule has 0 rings (SSSR count). The van der Waals surface area contributed by atoms with Crippen LogP contribution in [0.25, 0.3) is 0 Å². The van der Waals surface area contributed by atoms with Crippen LogP contribution in [0.4, 0.5) is 0 Å². The van der Waals surface area contributed by atoms with Gasteiger partial charge >= 0.3 is 0 Å². The molecule has 0 aromatic rings. The van der Waals surface area contributed by atoms with E-state index in [2.05, 4.69) is 26.7 Å². The summed E-state index contributed by atoms with van der Waals surface area (Å²) in [4.78, 5) is 13.1. The van der Waals surface area contributed by atoms with Crippen LogP contribution in [0.5, 0.6) is 0 Å². The maximum absolute atomic E-state index is 11.3. The molecule has 0 fully saturated rings. The van der Waals surface area contributed by atoms with E-state index in [1.54, 1.807) is 4.90 Å². The Bertz CT molecular complexity index is 220. The van der Waals surface area contributed by atoms with Gasteiger partial charge in [-0.05, 0) is 24.2 Å². The van der Waals surface area contributed by atoms with E-state index < -0.39 is 0 Å². The summed E-state index contributed by atoms with van der Waals surface area (Å²) in [5.74, 6) is 1.99. The van der Waals surface area contributed by atoms with Gasteiger partial charge in [-0.15, -0.1) is 6.42 Å². The van der Waals surface area contributed by atoms with E-state index in [-0.39, 0.29) is 11.3 Å². The van der Waals surface area contributed by atoms with Crippen LogP contribution < -0.4 is 0 Å². The van der Waals surface area contributed by atoms with Gasteiger partial charge in [0.2, 0.25) is 0 Å². The van der Waals surface area contributed by atoms with Gasteiger partial charge in [-0.25, -0.2) is 0 Å². The van der Waals surface area contributed by atoms with Crippen LogP contribution in [0, 0.1) is 17.8 Å². The number of terminal acetylenes is 1. The Morgan fingerprint density at radius 1 is 1.11 bits per heavy atom. The highest BCUT2D eigenvalue weighted by Gasteiger charge is 2.15. The van der Waals surface area contributed by atoms with Gasteiger partial charge in [0.25, 0.3) is 5.91 Å². The summed E-state index contributed by atoms with van der Waals surface area (Å²) in [5.41, 5.74) is 0.251. The number of carbonyl (C=O) groups excluding carboxylic acids is 1. The van der Waals surface area contributed by atoms with Crippen LogP contribution in [-0.4, -0.2) is 23.9 Å². The summed E-state index contributed by atoms with van der Waals surface area (Å²) in [6.45, 7) is 18.1. The molecule has 0 saturated carbocycles. The second-order valence-electron chi connectivity index (χ2n) is 4.75. The van der Waals surface area contributed by atoms with Crippen LogP contribution in [0.15, 0.2) is 0 Å². The lowest BCUT2D eigenvalue weighted by molar-refractivity contribution is -0.125. The van der Waals surface area contributed by atoms with Crippen molar-refractivity contribution in [3.8, 4) is 12.3 Å². The number of carbonyl (C=O) groups is 1. The summed E-state index contributed by atoms with van der Waals surface area (Å²) >= 11 is 0. The molecule has 1 amide bonds. The topological polar surface area (TPSA) is 20.3 Å². The molecule has 18 heavy (non-hydrogen) atoms.